The minimum atomic E-state index is -0.299. The maximum absolute atomic E-state index is 12.2. The average Bonchev–Trinajstić information content (AvgIpc) is 3.39. The van der Waals surface area contributed by atoms with E-state index in [0.717, 1.165) is 49.4 Å². The number of nitrogens with zero attached hydrogens (tertiary/aromatic N) is 4. The third-order valence-corrected chi connectivity index (χ3v) is 6.28. The zero-order valence-electron chi connectivity index (χ0n) is 14.8. The number of anilines is 2. The highest BCUT2D eigenvalue weighted by Gasteiger charge is 2.17. The monoisotopic (exact) mass is 407 g/mol. The molecule has 0 aliphatic carbocycles. The van der Waals surface area contributed by atoms with Crippen molar-refractivity contribution in [2.45, 2.75) is 0 Å². The van der Waals surface area contributed by atoms with E-state index in [1.807, 2.05) is 6.07 Å². The van der Waals surface area contributed by atoms with Crippen molar-refractivity contribution in [1.29, 1.82) is 0 Å². The maximum atomic E-state index is 12.2. The highest BCUT2D eigenvalue weighted by Crippen LogP contribution is 2.25. The van der Waals surface area contributed by atoms with Gasteiger partial charge in [-0.1, -0.05) is 0 Å². The topological polar surface area (TPSA) is 79.3 Å². The first kappa shape index (κ1) is 18.4. The number of carbonyl (C=O) groups excluding carboxylic acids is 1. The predicted octanol–water partition coefficient (Wildman–Crippen LogP) is 1.64. The number of thiophene rings is 1. The molecule has 0 atom stereocenters. The molecule has 0 unspecified atom stereocenters. The van der Waals surface area contributed by atoms with Crippen LogP contribution >= 0.6 is 22.7 Å². The number of hydrogen-bond donors (Lipinski definition) is 1. The van der Waals surface area contributed by atoms with Crippen LogP contribution in [0, 0.1) is 0 Å². The Morgan fingerprint density at radius 1 is 1.11 bits per heavy atom. The minimum Gasteiger partial charge on any atom is -0.378 e. The van der Waals surface area contributed by atoms with E-state index in [9.17, 15) is 4.79 Å². The van der Waals surface area contributed by atoms with Crippen LogP contribution in [0.1, 0.15) is 15.4 Å². The lowest BCUT2D eigenvalue weighted by Crippen LogP contribution is -2.36. The molecule has 0 spiro atoms. The van der Waals surface area contributed by atoms with Gasteiger partial charge in [-0.25, -0.2) is 10.4 Å². The Kier molecular flexibility index (Phi) is 5.97. The summed E-state index contributed by atoms with van der Waals surface area (Å²) in [6.45, 7) is 6.33. The Morgan fingerprint density at radius 3 is 2.56 bits per heavy atom. The molecular weight excluding hydrogens is 386 g/mol. The maximum Gasteiger partial charge on any atom is 0.290 e. The molecule has 8 nitrogen and oxygen atoms in total. The van der Waals surface area contributed by atoms with Gasteiger partial charge in [-0.15, -0.1) is 22.7 Å². The molecule has 2 aromatic rings. The average molecular weight is 408 g/mol. The van der Waals surface area contributed by atoms with Crippen molar-refractivity contribution in [3.8, 4) is 0 Å². The van der Waals surface area contributed by atoms with Crippen molar-refractivity contribution >= 4 is 44.9 Å². The summed E-state index contributed by atoms with van der Waals surface area (Å²) in [5.74, 6) is -0.299. The summed E-state index contributed by atoms with van der Waals surface area (Å²) < 4.78 is 10.7. The van der Waals surface area contributed by atoms with E-state index in [-0.39, 0.29) is 5.91 Å². The van der Waals surface area contributed by atoms with Crippen LogP contribution in [0.25, 0.3) is 0 Å². The molecule has 0 radical (unpaired) electrons. The number of nitrogens with one attached hydrogen (secondary N) is 1. The van der Waals surface area contributed by atoms with E-state index in [0.29, 0.717) is 18.9 Å². The number of carbonyl (C=O) groups is 1. The lowest BCUT2D eigenvalue weighted by Gasteiger charge is -2.27. The van der Waals surface area contributed by atoms with Crippen molar-refractivity contribution in [2.24, 2.45) is 5.10 Å². The van der Waals surface area contributed by atoms with Crippen LogP contribution in [0.3, 0.4) is 0 Å². The highest BCUT2D eigenvalue weighted by molar-refractivity contribution is 7.17. The normalized spacial score (nSPS) is 18.2. The summed E-state index contributed by atoms with van der Waals surface area (Å²) in [7, 11) is 0. The number of hydrogen-bond acceptors (Lipinski definition) is 9. The van der Waals surface area contributed by atoms with Gasteiger partial charge < -0.3 is 19.3 Å². The Morgan fingerprint density at radius 2 is 1.81 bits per heavy atom. The lowest BCUT2D eigenvalue weighted by atomic mass is 10.4. The van der Waals surface area contributed by atoms with Crippen molar-refractivity contribution in [3.63, 3.8) is 0 Å². The molecule has 10 heteroatoms. The van der Waals surface area contributed by atoms with Crippen LogP contribution in [0.15, 0.2) is 22.6 Å². The number of amides is 1. The zero-order chi connectivity index (χ0) is 18.5. The van der Waals surface area contributed by atoms with E-state index < -0.39 is 0 Å². The van der Waals surface area contributed by atoms with Gasteiger partial charge in [-0.05, 0) is 12.1 Å². The summed E-state index contributed by atoms with van der Waals surface area (Å²) in [6.07, 6.45) is 1.67. The van der Waals surface area contributed by atoms with E-state index >= 15 is 0 Å². The first-order valence-electron chi connectivity index (χ1n) is 8.84. The van der Waals surface area contributed by atoms with Crippen LogP contribution in [0.2, 0.25) is 0 Å². The molecule has 2 aliphatic heterocycles. The van der Waals surface area contributed by atoms with Gasteiger partial charge in [0.25, 0.3) is 5.91 Å². The molecule has 4 heterocycles. The van der Waals surface area contributed by atoms with Gasteiger partial charge in [0.05, 0.1) is 37.6 Å². The zero-order valence-corrected chi connectivity index (χ0v) is 16.4. The standard InChI is InChI=1S/C17H21N5O3S2/c23-16(14-12-26-17(19-14)22-5-9-25-10-6-22)20-18-11-13-1-2-15(27-13)21-3-7-24-8-4-21/h1-2,11-12H,3-10H2,(H,20,23)/b18-11+. The summed E-state index contributed by atoms with van der Waals surface area (Å²) in [5.41, 5.74) is 2.94. The van der Waals surface area contributed by atoms with Crippen LogP contribution < -0.4 is 15.2 Å². The van der Waals surface area contributed by atoms with E-state index in [1.54, 1.807) is 22.9 Å². The molecule has 27 heavy (non-hydrogen) atoms. The second-order valence-corrected chi connectivity index (χ2v) is 8.02. The molecule has 2 aliphatic rings. The second kappa shape index (κ2) is 8.79. The fourth-order valence-corrected chi connectivity index (χ4v) is 4.64. The van der Waals surface area contributed by atoms with E-state index in [4.69, 9.17) is 9.47 Å². The van der Waals surface area contributed by atoms with Crippen molar-refractivity contribution in [1.82, 2.24) is 10.4 Å². The van der Waals surface area contributed by atoms with Crippen LogP contribution in [0.4, 0.5) is 10.1 Å². The van der Waals surface area contributed by atoms with Gasteiger partial charge in [-0.2, -0.15) is 5.10 Å². The third-order valence-electron chi connectivity index (χ3n) is 4.30. The summed E-state index contributed by atoms with van der Waals surface area (Å²) in [5, 5.41) is 7.88. The number of morpholine rings is 2. The molecule has 0 bridgehead atoms. The van der Waals surface area contributed by atoms with Gasteiger partial charge in [0.1, 0.15) is 5.69 Å². The van der Waals surface area contributed by atoms with Gasteiger partial charge in [0, 0.05) is 36.4 Å². The number of hydrazone groups is 1. The predicted molar refractivity (Wildman–Crippen MR) is 108 cm³/mol. The van der Waals surface area contributed by atoms with Crippen LogP contribution in [-0.2, 0) is 9.47 Å². The molecule has 144 valence electrons. The van der Waals surface area contributed by atoms with E-state index in [1.165, 1.54) is 16.3 Å². The largest absolute Gasteiger partial charge is 0.378 e. The fourth-order valence-electron chi connectivity index (χ4n) is 2.85. The SMILES string of the molecule is O=C(N/N=C/c1ccc(N2CCOCC2)s1)c1csc(N2CCOCC2)n1. The quantitative estimate of drug-likeness (QED) is 0.600. The first-order valence-corrected chi connectivity index (χ1v) is 10.5. The summed E-state index contributed by atoms with van der Waals surface area (Å²) in [6, 6.07) is 4.08. The summed E-state index contributed by atoms with van der Waals surface area (Å²) in [4.78, 5) is 22.1. The Hall–Kier alpha value is -2.01. The van der Waals surface area contributed by atoms with Crippen LogP contribution in [0.5, 0.6) is 0 Å². The van der Waals surface area contributed by atoms with Gasteiger partial charge in [0.15, 0.2) is 5.13 Å². The number of thiazole rings is 1. The third kappa shape index (κ3) is 4.64. The Balaban J connectivity index is 1.31. The van der Waals surface area contributed by atoms with Crippen molar-refractivity contribution in [2.75, 3.05) is 62.4 Å². The van der Waals surface area contributed by atoms with Crippen LogP contribution in [-0.4, -0.2) is 69.7 Å². The molecule has 2 saturated heterocycles. The molecular formula is C17H21N5O3S2. The molecule has 1 amide bonds. The highest BCUT2D eigenvalue weighted by atomic mass is 32.1. The summed E-state index contributed by atoms with van der Waals surface area (Å²) >= 11 is 3.11. The Labute approximate surface area is 165 Å². The molecule has 1 N–H and O–H groups in total. The first-order chi connectivity index (χ1) is 13.3. The van der Waals surface area contributed by atoms with Crippen molar-refractivity contribution in [3.05, 3.63) is 28.1 Å². The molecule has 2 aromatic heterocycles. The molecule has 0 aromatic carbocycles. The fraction of sp³-hybridized carbons (Fsp3) is 0.471. The van der Waals surface area contributed by atoms with Gasteiger partial charge in [-0.3, -0.25) is 4.79 Å². The Bertz CT molecular complexity index is 794. The number of aromatic nitrogens is 1. The molecule has 4 rings (SSSR count). The number of rotatable bonds is 5. The molecule has 0 saturated carbocycles. The van der Waals surface area contributed by atoms with Crippen molar-refractivity contribution < 1.29 is 14.3 Å². The molecule has 2 fully saturated rings. The van der Waals surface area contributed by atoms with Gasteiger partial charge >= 0.3 is 0 Å². The minimum absolute atomic E-state index is 0.299. The lowest BCUT2D eigenvalue weighted by molar-refractivity contribution is 0.0951. The second-order valence-electron chi connectivity index (χ2n) is 6.09. The van der Waals surface area contributed by atoms with Gasteiger partial charge in [0.2, 0.25) is 0 Å². The number of ether oxygens (including phenoxy) is 2. The smallest absolute Gasteiger partial charge is 0.290 e. The van der Waals surface area contributed by atoms with E-state index in [2.05, 4.69) is 31.4 Å².